The molecule has 4 heterocycles. The number of benzene rings is 1. The molecule has 204 valence electrons. The topological polar surface area (TPSA) is 80.5 Å². The van der Waals surface area contributed by atoms with Crippen molar-refractivity contribution in [1.29, 1.82) is 5.26 Å². The Bertz CT molecular complexity index is 1200. The number of halogens is 4. The van der Waals surface area contributed by atoms with Crippen LogP contribution in [0.1, 0.15) is 36.1 Å². The van der Waals surface area contributed by atoms with Gasteiger partial charge in [0.2, 0.25) is 0 Å². The van der Waals surface area contributed by atoms with Crippen LogP contribution < -0.4 is 19.9 Å². The molecule has 0 amide bonds. The van der Waals surface area contributed by atoms with Crippen molar-refractivity contribution in [3.63, 3.8) is 0 Å². The van der Waals surface area contributed by atoms with E-state index in [0.717, 1.165) is 30.8 Å². The Morgan fingerprint density at radius 3 is 2.79 bits per heavy atom. The van der Waals surface area contributed by atoms with Crippen molar-refractivity contribution in [3.05, 3.63) is 40.0 Å². The molecule has 0 aliphatic carbocycles. The summed E-state index contributed by atoms with van der Waals surface area (Å²) in [4.78, 5) is 15.6. The van der Waals surface area contributed by atoms with Crippen LogP contribution in [-0.2, 0) is 19.1 Å². The molecule has 12 heteroatoms. The van der Waals surface area contributed by atoms with Gasteiger partial charge in [-0.1, -0.05) is 17.7 Å². The van der Waals surface area contributed by atoms with Crippen LogP contribution in [-0.4, -0.2) is 73.3 Å². The molecule has 2 atom stereocenters. The molecular formula is C26H31ClF3N7O. The zero-order chi connectivity index (χ0) is 26.9. The molecule has 0 bridgehead atoms. The highest BCUT2D eigenvalue weighted by Gasteiger charge is 2.38. The van der Waals surface area contributed by atoms with Crippen LogP contribution in [0.3, 0.4) is 0 Å². The smallest absolute Gasteiger partial charge is 0.419 e. The number of anilines is 2. The van der Waals surface area contributed by atoms with Gasteiger partial charge in [-0.15, -0.1) is 0 Å². The van der Waals surface area contributed by atoms with Gasteiger partial charge in [0.1, 0.15) is 12.4 Å². The zero-order valence-electron chi connectivity index (χ0n) is 21.3. The van der Waals surface area contributed by atoms with Crippen molar-refractivity contribution in [3.8, 4) is 12.1 Å². The lowest BCUT2D eigenvalue weighted by atomic mass is 10.0. The average Bonchev–Trinajstić information content (AvgIpc) is 3.30. The minimum Gasteiger partial charge on any atom is -0.462 e. The van der Waals surface area contributed by atoms with E-state index in [1.165, 1.54) is 18.2 Å². The van der Waals surface area contributed by atoms with Crippen LogP contribution in [0, 0.1) is 11.3 Å². The molecule has 2 aromatic rings. The van der Waals surface area contributed by atoms with E-state index in [-0.39, 0.29) is 35.3 Å². The lowest BCUT2D eigenvalue weighted by molar-refractivity contribution is -0.137. The number of hydrogen-bond donors (Lipinski definition) is 1. The van der Waals surface area contributed by atoms with Gasteiger partial charge in [-0.3, -0.25) is 0 Å². The molecule has 0 radical (unpaired) electrons. The third-order valence-electron chi connectivity index (χ3n) is 7.61. The number of likely N-dealkylation sites (N-methyl/N-ethyl adjacent to an activating group) is 1. The van der Waals surface area contributed by atoms with Crippen molar-refractivity contribution in [2.24, 2.45) is 0 Å². The Hall–Kier alpha value is -2.81. The fourth-order valence-electron chi connectivity index (χ4n) is 5.60. The molecule has 2 saturated heterocycles. The molecule has 3 aliphatic rings. The summed E-state index contributed by atoms with van der Waals surface area (Å²) in [7, 11) is 2.07. The molecule has 1 aromatic heterocycles. The predicted molar refractivity (Wildman–Crippen MR) is 139 cm³/mol. The Kier molecular flexibility index (Phi) is 7.84. The first kappa shape index (κ1) is 26.8. The summed E-state index contributed by atoms with van der Waals surface area (Å²) < 4.78 is 47.8. The maximum Gasteiger partial charge on any atom is 0.419 e. The van der Waals surface area contributed by atoms with E-state index in [0.29, 0.717) is 51.3 Å². The van der Waals surface area contributed by atoms with Crippen molar-refractivity contribution in [2.75, 3.05) is 56.2 Å². The fourth-order valence-corrected chi connectivity index (χ4v) is 5.88. The molecule has 5 rings (SSSR count). The van der Waals surface area contributed by atoms with E-state index >= 15 is 0 Å². The normalized spacial score (nSPS) is 22.3. The highest BCUT2D eigenvalue weighted by Crippen LogP contribution is 2.42. The fraction of sp³-hybridized carbons (Fsp3) is 0.577. The second kappa shape index (κ2) is 11.1. The van der Waals surface area contributed by atoms with Gasteiger partial charge >= 0.3 is 12.2 Å². The zero-order valence-corrected chi connectivity index (χ0v) is 22.0. The highest BCUT2D eigenvalue weighted by molar-refractivity contribution is 6.31. The standard InChI is InChI=1S/C26H31ClF3N7O/c1-35-11-3-4-18(35)16-38-25-33-21-15-36(22-6-2-5-20(27)23(22)26(28,29)30)12-8-19(21)24(34-25)37-13-10-32-17(14-37)7-9-31/h2,5-6,17-18,32H,3-4,7-8,10-16H2,1H3/t17-,18+/m0/s1. The summed E-state index contributed by atoms with van der Waals surface area (Å²) in [6.07, 6.45) is -1.58. The summed E-state index contributed by atoms with van der Waals surface area (Å²) in [6, 6.07) is 7.00. The highest BCUT2D eigenvalue weighted by atomic mass is 35.5. The number of fused-ring (bicyclic) bond motifs is 1. The van der Waals surface area contributed by atoms with E-state index in [2.05, 4.69) is 28.2 Å². The number of piperazine rings is 1. The second-order valence-corrected chi connectivity index (χ2v) is 10.5. The summed E-state index contributed by atoms with van der Waals surface area (Å²) in [5.41, 5.74) is 0.781. The molecule has 2 fully saturated rings. The van der Waals surface area contributed by atoms with E-state index < -0.39 is 11.7 Å². The van der Waals surface area contributed by atoms with Gasteiger partial charge in [-0.25, -0.2) is 0 Å². The third kappa shape index (κ3) is 5.63. The first-order chi connectivity index (χ1) is 18.2. The minimum absolute atomic E-state index is 0.0109. The van der Waals surface area contributed by atoms with Crippen molar-refractivity contribution in [1.82, 2.24) is 20.2 Å². The molecule has 38 heavy (non-hydrogen) atoms. The number of nitrogens with one attached hydrogen (secondary N) is 1. The SMILES string of the molecule is CN1CCC[C@@H]1COc1nc2c(c(N3CCN[C@@H](CC#N)C3)n1)CCN(c1cccc(Cl)c1C(F)(F)F)C2. The molecular weight excluding hydrogens is 519 g/mol. The van der Waals surface area contributed by atoms with Crippen LogP contribution in [0.4, 0.5) is 24.7 Å². The summed E-state index contributed by atoms with van der Waals surface area (Å²) in [5.74, 6) is 0.746. The Morgan fingerprint density at radius 1 is 1.21 bits per heavy atom. The number of hydrogen-bond acceptors (Lipinski definition) is 8. The van der Waals surface area contributed by atoms with Crippen LogP contribution in [0.15, 0.2) is 18.2 Å². The molecule has 3 aliphatic heterocycles. The molecule has 0 spiro atoms. The largest absolute Gasteiger partial charge is 0.462 e. The first-order valence-electron chi connectivity index (χ1n) is 12.9. The molecule has 8 nitrogen and oxygen atoms in total. The van der Waals surface area contributed by atoms with Crippen LogP contribution in [0.25, 0.3) is 0 Å². The summed E-state index contributed by atoms with van der Waals surface area (Å²) in [6.45, 7) is 4.03. The van der Waals surface area contributed by atoms with Gasteiger partial charge in [0.05, 0.1) is 41.0 Å². The number of aromatic nitrogens is 2. The Labute approximate surface area is 225 Å². The summed E-state index contributed by atoms with van der Waals surface area (Å²) >= 11 is 6.01. The minimum atomic E-state index is -4.58. The average molecular weight is 550 g/mol. The number of likely N-dealkylation sites (tertiary alicyclic amines) is 1. The monoisotopic (exact) mass is 549 g/mol. The van der Waals surface area contributed by atoms with Crippen LogP contribution in [0.5, 0.6) is 6.01 Å². The molecule has 1 aromatic carbocycles. The number of nitrogens with zero attached hydrogens (tertiary/aromatic N) is 6. The molecule has 0 unspecified atom stereocenters. The number of alkyl halides is 3. The van der Waals surface area contributed by atoms with Crippen molar-refractivity contribution >= 4 is 23.1 Å². The number of ether oxygens (including phenoxy) is 1. The van der Waals surface area contributed by atoms with Gasteiger partial charge in [-0.2, -0.15) is 28.4 Å². The van der Waals surface area contributed by atoms with E-state index in [1.807, 2.05) is 0 Å². The maximum absolute atomic E-state index is 13.9. The van der Waals surface area contributed by atoms with Crippen molar-refractivity contribution < 1.29 is 17.9 Å². The molecule has 1 N–H and O–H groups in total. The Balaban J connectivity index is 1.47. The number of nitriles is 1. The van der Waals surface area contributed by atoms with Crippen LogP contribution >= 0.6 is 11.6 Å². The van der Waals surface area contributed by atoms with Gasteiger partial charge in [0.25, 0.3) is 0 Å². The first-order valence-corrected chi connectivity index (χ1v) is 13.3. The molecule has 0 saturated carbocycles. The van der Waals surface area contributed by atoms with Crippen molar-refractivity contribution in [2.45, 2.75) is 50.5 Å². The van der Waals surface area contributed by atoms with E-state index in [1.54, 1.807) is 4.90 Å². The van der Waals surface area contributed by atoms with Gasteiger partial charge in [-0.05, 0) is 45.0 Å². The van der Waals surface area contributed by atoms with E-state index in [4.69, 9.17) is 26.3 Å². The lowest BCUT2D eigenvalue weighted by Crippen LogP contribution is -2.51. The summed E-state index contributed by atoms with van der Waals surface area (Å²) in [5, 5.41) is 12.2. The quantitative estimate of drug-likeness (QED) is 0.582. The predicted octanol–water partition coefficient (Wildman–Crippen LogP) is 3.88. The lowest BCUT2D eigenvalue weighted by Gasteiger charge is -2.37. The van der Waals surface area contributed by atoms with Crippen LogP contribution in [0.2, 0.25) is 5.02 Å². The maximum atomic E-state index is 13.9. The van der Waals surface area contributed by atoms with Gasteiger partial charge < -0.3 is 24.8 Å². The number of rotatable bonds is 6. The van der Waals surface area contributed by atoms with Gasteiger partial charge in [0, 0.05) is 43.8 Å². The van der Waals surface area contributed by atoms with E-state index in [9.17, 15) is 18.4 Å². The second-order valence-electron chi connectivity index (χ2n) is 10.1. The van der Waals surface area contributed by atoms with Gasteiger partial charge in [0.15, 0.2) is 0 Å². The Morgan fingerprint density at radius 2 is 2.05 bits per heavy atom. The third-order valence-corrected chi connectivity index (χ3v) is 7.92.